The predicted molar refractivity (Wildman–Crippen MR) is 140 cm³/mol. The van der Waals surface area contributed by atoms with Crippen LogP contribution in [-0.4, -0.2) is 47.7 Å². The number of likely N-dealkylation sites (tertiary alicyclic amines) is 1. The summed E-state index contributed by atoms with van der Waals surface area (Å²) in [6.45, 7) is 5.33. The first kappa shape index (κ1) is 28.6. The van der Waals surface area contributed by atoms with E-state index in [2.05, 4.69) is 17.1 Å². The molecule has 2 fully saturated rings. The van der Waals surface area contributed by atoms with Gasteiger partial charge in [0.1, 0.15) is 0 Å². The van der Waals surface area contributed by atoms with Crippen molar-refractivity contribution >= 4 is 5.91 Å². The number of carbonyl (C=O) groups is 1. The fourth-order valence-corrected chi connectivity index (χ4v) is 5.87. The molecule has 2 aliphatic rings. The first-order chi connectivity index (χ1) is 16.2. The van der Waals surface area contributed by atoms with Gasteiger partial charge >= 0.3 is 0 Å². The number of carbonyl (C=O) groups excluding carboxylic acids is 1. The maximum Gasteiger partial charge on any atom is 0.220 e. The molecule has 0 spiro atoms. The Labute approximate surface area is 205 Å². The van der Waals surface area contributed by atoms with Gasteiger partial charge in [0.15, 0.2) is 0 Å². The molecule has 2 unspecified atom stereocenters. The van der Waals surface area contributed by atoms with Gasteiger partial charge in [-0.3, -0.25) is 4.79 Å². The van der Waals surface area contributed by atoms with Crippen LogP contribution in [0.4, 0.5) is 0 Å². The molecule has 0 bridgehead atoms. The van der Waals surface area contributed by atoms with Crippen LogP contribution in [0, 0.1) is 5.92 Å². The number of rotatable bonds is 19. The van der Waals surface area contributed by atoms with E-state index < -0.39 is 0 Å². The molecule has 194 valence electrons. The van der Waals surface area contributed by atoms with Gasteiger partial charge in [0, 0.05) is 13.0 Å². The molecule has 4 heteroatoms. The Kier molecular flexibility index (Phi) is 16.2. The van der Waals surface area contributed by atoms with Gasteiger partial charge < -0.3 is 15.3 Å². The maximum absolute atomic E-state index is 12.7. The molecule has 33 heavy (non-hydrogen) atoms. The molecule has 1 aliphatic heterocycles. The lowest BCUT2D eigenvalue weighted by molar-refractivity contribution is -0.123. The summed E-state index contributed by atoms with van der Waals surface area (Å²) in [5, 5.41) is 14.3. The van der Waals surface area contributed by atoms with Gasteiger partial charge in [0.2, 0.25) is 5.91 Å². The summed E-state index contributed by atoms with van der Waals surface area (Å²) in [6.07, 6.45) is 26.0. The number of hydrogen-bond donors (Lipinski definition) is 2. The van der Waals surface area contributed by atoms with Crippen LogP contribution in [0.15, 0.2) is 0 Å². The Bertz CT molecular complexity index is 472. The minimum Gasteiger partial charge on any atom is -0.391 e. The van der Waals surface area contributed by atoms with Crippen molar-refractivity contribution in [2.75, 3.05) is 19.6 Å². The van der Waals surface area contributed by atoms with Gasteiger partial charge in [-0.25, -0.2) is 0 Å². The first-order valence-electron chi connectivity index (χ1n) is 14.9. The van der Waals surface area contributed by atoms with E-state index in [4.69, 9.17) is 0 Å². The van der Waals surface area contributed by atoms with Crippen molar-refractivity contribution < 1.29 is 9.90 Å². The fourth-order valence-electron chi connectivity index (χ4n) is 5.87. The van der Waals surface area contributed by atoms with Crippen molar-refractivity contribution in [1.82, 2.24) is 10.2 Å². The lowest BCUT2D eigenvalue weighted by Gasteiger charge is -2.34. The quantitative estimate of drug-likeness (QED) is 0.203. The zero-order valence-electron chi connectivity index (χ0n) is 22.0. The molecule has 1 aliphatic carbocycles. The summed E-state index contributed by atoms with van der Waals surface area (Å²) in [5.74, 6) is 0.514. The second-order valence-corrected chi connectivity index (χ2v) is 11.1. The van der Waals surface area contributed by atoms with Crippen LogP contribution in [0.3, 0.4) is 0 Å². The molecule has 4 nitrogen and oxygen atoms in total. The number of hydrogen-bond acceptors (Lipinski definition) is 3. The lowest BCUT2D eigenvalue weighted by Crippen LogP contribution is -2.52. The van der Waals surface area contributed by atoms with E-state index >= 15 is 0 Å². The fraction of sp³-hybridized carbons (Fsp3) is 0.966. The Morgan fingerprint density at radius 2 is 1.30 bits per heavy atom. The Balaban J connectivity index is 1.53. The zero-order valence-corrected chi connectivity index (χ0v) is 22.0. The van der Waals surface area contributed by atoms with E-state index in [1.165, 1.54) is 103 Å². The Morgan fingerprint density at radius 3 is 1.85 bits per heavy atom. The first-order valence-corrected chi connectivity index (χ1v) is 14.9. The van der Waals surface area contributed by atoms with Gasteiger partial charge in [-0.1, -0.05) is 103 Å². The summed E-state index contributed by atoms with van der Waals surface area (Å²) >= 11 is 0. The standard InChI is InChI=1S/C29H56N2O2/c1-2-3-4-5-6-7-8-9-10-11-12-13-17-22-28(32)30-27(25-31-23-18-19-24-31)29(33)26-20-15-14-16-21-26/h26-27,29,33H,2-25H2,1H3,(H,30,32). The molecule has 2 atom stereocenters. The Hall–Kier alpha value is -0.610. The summed E-state index contributed by atoms with van der Waals surface area (Å²) in [5.41, 5.74) is 0. The number of amides is 1. The van der Waals surface area contributed by atoms with Crippen molar-refractivity contribution in [3.05, 3.63) is 0 Å². The van der Waals surface area contributed by atoms with Crippen molar-refractivity contribution in [1.29, 1.82) is 0 Å². The molecule has 0 aromatic rings. The molecular weight excluding hydrogens is 408 g/mol. The maximum atomic E-state index is 12.7. The van der Waals surface area contributed by atoms with Crippen LogP contribution in [0.25, 0.3) is 0 Å². The smallest absolute Gasteiger partial charge is 0.220 e. The van der Waals surface area contributed by atoms with E-state index in [9.17, 15) is 9.90 Å². The highest BCUT2D eigenvalue weighted by atomic mass is 16.3. The third-order valence-corrected chi connectivity index (χ3v) is 8.05. The molecule has 1 saturated carbocycles. The highest BCUT2D eigenvalue weighted by Gasteiger charge is 2.31. The third kappa shape index (κ3) is 13.2. The third-order valence-electron chi connectivity index (χ3n) is 8.05. The van der Waals surface area contributed by atoms with Crippen LogP contribution in [0.2, 0.25) is 0 Å². The SMILES string of the molecule is CCCCCCCCCCCCCCCC(=O)NC(CN1CCCC1)C(O)C1CCCCC1. The topological polar surface area (TPSA) is 52.6 Å². The van der Waals surface area contributed by atoms with Gasteiger partial charge in [0.05, 0.1) is 12.1 Å². The van der Waals surface area contributed by atoms with Crippen LogP contribution >= 0.6 is 0 Å². The zero-order chi connectivity index (χ0) is 23.6. The minimum absolute atomic E-state index is 0.0966. The second-order valence-electron chi connectivity index (χ2n) is 11.1. The molecule has 0 radical (unpaired) electrons. The van der Waals surface area contributed by atoms with E-state index in [0.717, 1.165) is 45.3 Å². The number of nitrogens with zero attached hydrogens (tertiary/aromatic N) is 1. The summed E-state index contributed by atoms with van der Waals surface area (Å²) in [4.78, 5) is 15.1. The molecule has 1 amide bonds. The van der Waals surface area contributed by atoms with Crippen LogP contribution in [-0.2, 0) is 4.79 Å². The lowest BCUT2D eigenvalue weighted by atomic mass is 9.82. The number of unbranched alkanes of at least 4 members (excludes halogenated alkanes) is 12. The number of nitrogens with one attached hydrogen (secondary N) is 1. The molecule has 2 N–H and O–H groups in total. The number of aliphatic hydroxyl groups excluding tert-OH is 1. The summed E-state index contributed by atoms with van der Waals surface area (Å²) in [6, 6.07) is -0.0966. The molecule has 2 rings (SSSR count). The average molecular weight is 465 g/mol. The minimum atomic E-state index is -0.388. The summed E-state index contributed by atoms with van der Waals surface area (Å²) < 4.78 is 0. The van der Waals surface area contributed by atoms with Crippen molar-refractivity contribution in [3.8, 4) is 0 Å². The summed E-state index contributed by atoms with van der Waals surface area (Å²) in [7, 11) is 0. The van der Waals surface area contributed by atoms with Crippen molar-refractivity contribution in [2.24, 2.45) is 5.92 Å². The molecule has 0 aromatic carbocycles. The van der Waals surface area contributed by atoms with E-state index in [1.54, 1.807) is 0 Å². The van der Waals surface area contributed by atoms with Crippen LogP contribution in [0.5, 0.6) is 0 Å². The molecule has 1 heterocycles. The van der Waals surface area contributed by atoms with Crippen molar-refractivity contribution in [2.45, 2.75) is 154 Å². The monoisotopic (exact) mass is 464 g/mol. The predicted octanol–water partition coefficient (Wildman–Crippen LogP) is 6.99. The van der Waals surface area contributed by atoms with Crippen LogP contribution in [0.1, 0.15) is 142 Å². The van der Waals surface area contributed by atoms with E-state index in [-0.39, 0.29) is 18.1 Å². The van der Waals surface area contributed by atoms with Gasteiger partial charge in [-0.05, 0) is 51.1 Å². The molecular formula is C29H56N2O2. The molecule has 1 saturated heterocycles. The van der Waals surface area contributed by atoms with E-state index in [0.29, 0.717) is 12.3 Å². The molecule has 0 aromatic heterocycles. The average Bonchev–Trinajstić information content (AvgIpc) is 3.35. The number of aliphatic hydroxyl groups is 1. The van der Waals surface area contributed by atoms with Gasteiger partial charge in [-0.15, -0.1) is 0 Å². The van der Waals surface area contributed by atoms with Gasteiger partial charge in [0.25, 0.3) is 0 Å². The van der Waals surface area contributed by atoms with Gasteiger partial charge in [-0.2, -0.15) is 0 Å². The largest absolute Gasteiger partial charge is 0.391 e. The highest BCUT2D eigenvalue weighted by molar-refractivity contribution is 5.76. The second kappa shape index (κ2) is 18.7. The van der Waals surface area contributed by atoms with Crippen molar-refractivity contribution in [3.63, 3.8) is 0 Å². The van der Waals surface area contributed by atoms with E-state index in [1.807, 2.05) is 0 Å². The highest BCUT2D eigenvalue weighted by Crippen LogP contribution is 2.28. The normalized spacial score (nSPS) is 19.6. The van der Waals surface area contributed by atoms with Crippen LogP contribution < -0.4 is 5.32 Å². The Morgan fingerprint density at radius 1 is 0.788 bits per heavy atom.